The molecule has 0 amide bonds. The Morgan fingerprint density at radius 3 is 2.92 bits per heavy atom. The van der Waals surface area contributed by atoms with Crippen molar-refractivity contribution < 1.29 is 14.3 Å². The number of unbranched alkanes of at least 4 members (excludes halogenated alkanes) is 1. The maximum atomic E-state index is 12.1. The van der Waals surface area contributed by atoms with Crippen LogP contribution in [-0.4, -0.2) is 24.5 Å². The summed E-state index contributed by atoms with van der Waals surface area (Å²) in [4.78, 5) is 16.0. The number of nitrogens with zero attached hydrogens (tertiary/aromatic N) is 2. The summed E-state index contributed by atoms with van der Waals surface area (Å²) < 4.78 is 10.9. The van der Waals surface area contributed by atoms with Crippen LogP contribution in [0.1, 0.15) is 28.8 Å². The Morgan fingerprint density at radius 2 is 2.21 bits per heavy atom. The Hall–Kier alpha value is -3.13. The number of nitriles is 1. The van der Waals surface area contributed by atoms with Crippen molar-refractivity contribution in [3.05, 3.63) is 59.9 Å². The average Bonchev–Trinajstić information content (AvgIpc) is 2.64. The zero-order valence-corrected chi connectivity index (χ0v) is 13.4. The number of ketones is 1. The van der Waals surface area contributed by atoms with Gasteiger partial charge in [-0.15, -0.1) is 0 Å². The summed E-state index contributed by atoms with van der Waals surface area (Å²) in [6.07, 6.45) is 7.47. The van der Waals surface area contributed by atoms with Crippen molar-refractivity contribution in [2.24, 2.45) is 0 Å². The predicted molar refractivity (Wildman–Crippen MR) is 90.9 cm³/mol. The van der Waals surface area contributed by atoms with Gasteiger partial charge < -0.3 is 9.47 Å². The molecule has 2 aromatic rings. The summed E-state index contributed by atoms with van der Waals surface area (Å²) in [5.74, 6) is 1.09. The Morgan fingerprint density at radius 1 is 1.33 bits per heavy atom. The fourth-order valence-electron chi connectivity index (χ4n) is 2.02. The number of hydrogen-bond donors (Lipinski definition) is 0. The van der Waals surface area contributed by atoms with E-state index in [1.807, 2.05) is 6.07 Å². The van der Waals surface area contributed by atoms with Crippen LogP contribution in [0.3, 0.4) is 0 Å². The third-order valence-electron chi connectivity index (χ3n) is 3.25. The third kappa shape index (κ3) is 4.96. The first-order valence-corrected chi connectivity index (χ1v) is 7.55. The number of carbonyl (C=O) groups excluding carboxylic acids is 1. The molecule has 2 rings (SSSR count). The minimum Gasteiger partial charge on any atom is -0.493 e. The van der Waals surface area contributed by atoms with Crippen LogP contribution in [0, 0.1) is 11.3 Å². The van der Waals surface area contributed by atoms with E-state index in [-0.39, 0.29) is 5.78 Å². The molecule has 0 unspecified atom stereocenters. The van der Waals surface area contributed by atoms with Gasteiger partial charge in [0.1, 0.15) is 0 Å². The molecule has 0 saturated carbocycles. The highest BCUT2D eigenvalue weighted by atomic mass is 16.5. The molecule has 0 bridgehead atoms. The highest BCUT2D eigenvalue weighted by Gasteiger charge is 2.06. The molecule has 5 heteroatoms. The molecule has 0 spiro atoms. The Labute approximate surface area is 141 Å². The third-order valence-corrected chi connectivity index (χ3v) is 3.25. The van der Waals surface area contributed by atoms with Crippen LogP contribution >= 0.6 is 0 Å². The monoisotopic (exact) mass is 322 g/mol. The minimum atomic E-state index is -0.115. The number of ether oxygens (including phenoxy) is 2. The zero-order valence-electron chi connectivity index (χ0n) is 13.4. The summed E-state index contributed by atoms with van der Waals surface area (Å²) in [5.41, 5.74) is 1.36. The van der Waals surface area contributed by atoms with Gasteiger partial charge in [0.2, 0.25) is 0 Å². The van der Waals surface area contributed by atoms with Gasteiger partial charge in [-0.1, -0.05) is 12.1 Å². The molecule has 1 aromatic carbocycles. The average molecular weight is 322 g/mol. The van der Waals surface area contributed by atoms with Crippen LogP contribution < -0.4 is 9.47 Å². The van der Waals surface area contributed by atoms with E-state index in [0.29, 0.717) is 36.5 Å². The van der Waals surface area contributed by atoms with Crippen molar-refractivity contribution in [1.82, 2.24) is 4.98 Å². The van der Waals surface area contributed by atoms with Gasteiger partial charge in [-0.2, -0.15) is 5.26 Å². The molecule has 0 aliphatic carbocycles. The van der Waals surface area contributed by atoms with E-state index in [9.17, 15) is 4.79 Å². The van der Waals surface area contributed by atoms with Gasteiger partial charge in [-0.05, 0) is 42.3 Å². The lowest BCUT2D eigenvalue weighted by atomic mass is 10.1. The van der Waals surface area contributed by atoms with Gasteiger partial charge in [0.15, 0.2) is 17.3 Å². The van der Waals surface area contributed by atoms with Crippen LogP contribution in [0.4, 0.5) is 0 Å². The number of hydrogen-bond acceptors (Lipinski definition) is 5. The molecule has 0 aliphatic rings. The molecule has 0 saturated heterocycles. The molecule has 0 fully saturated rings. The Balaban J connectivity index is 2.08. The first kappa shape index (κ1) is 17.2. The number of carbonyl (C=O) groups is 1. The molecule has 5 nitrogen and oxygen atoms in total. The van der Waals surface area contributed by atoms with Crippen LogP contribution in [0.25, 0.3) is 6.08 Å². The molecule has 0 aliphatic heterocycles. The fraction of sp³-hybridized carbons (Fsp3) is 0.211. The van der Waals surface area contributed by atoms with E-state index < -0.39 is 0 Å². The highest BCUT2D eigenvalue weighted by molar-refractivity contribution is 6.06. The molecular formula is C19H18N2O3. The number of methoxy groups -OCH3 is 1. The molecule has 1 heterocycles. The lowest BCUT2D eigenvalue weighted by molar-refractivity contribution is 0.104. The van der Waals surface area contributed by atoms with Crippen molar-refractivity contribution in [3.63, 3.8) is 0 Å². The van der Waals surface area contributed by atoms with Crippen molar-refractivity contribution in [2.45, 2.75) is 12.8 Å². The van der Waals surface area contributed by atoms with Crippen molar-refractivity contribution in [1.29, 1.82) is 5.26 Å². The second-order valence-corrected chi connectivity index (χ2v) is 4.96. The summed E-state index contributed by atoms with van der Waals surface area (Å²) in [6, 6.07) is 11.0. The van der Waals surface area contributed by atoms with E-state index >= 15 is 0 Å². The topological polar surface area (TPSA) is 72.2 Å². The Kier molecular flexibility index (Phi) is 6.54. The minimum absolute atomic E-state index is 0.115. The van der Waals surface area contributed by atoms with E-state index in [1.54, 1.807) is 43.6 Å². The van der Waals surface area contributed by atoms with Crippen molar-refractivity contribution in [3.8, 4) is 17.6 Å². The lowest BCUT2D eigenvalue weighted by Crippen LogP contribution is -1.99. The SMILES string of the molecule is COc1ccc(C=CC(=O)c2cccnc2)cc1OCCCC#N. The molecule has 1 aromatic heterocycles. The number of allylic oxidation sites excluding steroid dienone is 1. The second-order valence-electron chi connectivity index (χ2n) is 4.96. The normalized spacial score (nSPS) is 10.3. The molecule has 0 N–H and O–H groups in total. The van der Waals surface area contributed by atoms with Gasteiger partial charge in [0.25, 0.3) is 0 Å². The van der Waals surface area contributed by atoms with Gasteiger partial charge in [-0.3, -0.25) is 9.78 Å². The van der Waals surface area contributed by atoms with Gasteiger partial charge in [-0.25, -0.2) is 0 Å². The summed E-state index contributed by atoms with van der Waals surface area (Å²) >= 11 is 0. The first-order chi connectivity index (χ1) is 11.7. The van der Waals surface area contributed by atoms with E-state index in [2.05, 4.69) is 11.1 Å². The number of aromatic nitrogens is 1. The predicted octanol–water partition coefficient (Wildman–Crippen LogP) is 3.67. The standard InChI is InChI=1S/C19H18N2O3/c1-23-18-9-7-15(13-19(18)24-12-3-2-10-20)6-8-17(22)16-5-4-11-21-14-16/h4-9,11,13-14H,2-3,12H2,1H3. The number of pyridine rings is 1. The van der Waals surface area contributed by atoms with Gasteiger partial charge >= 0.3 is 0 Å². The fourth-order valence-corrected chi connectivity index (χ4v) is 2.02. The lowest BCUT2D eigenvalue weighted by Gasteiger charge is -2.10. The number of benzene rings is 1. The molecule has 122 valence electrons. The van der Waals surface area contributed by atoms with Crippen LogP contribution in [0.15, 0.2) is 48.8 Å². The van der Waals surface area contributed by atoms with Crippen LogP contribution in [-0.2, 0) is 0 Å². The Bertz CT molecular complexity index is 749. The maximum absolute atomic E-state index is 12.1. The van der Waals surface area contributed by atoms with Gasteiger partial charge in [0.05, 0.1) is 19.8 Å². The zero-order chi connectivity index (χ0) is 17.2. The van der Waals surface area contributed by atoms with Crippen LogP contribution in [0.2, 0.25) is 0 Å². The summed E-state index contributed by atoms with van der Waals surface area (Å²) in [7, 11) is 1.57. The molecule has 0 radical (unpaired) electrons. The molecule has 0 atom stereocenters. The van der Waals surface area contributed by atoms with E-state index in [1.165, 1.54) is 12.3 Å². The highest BCUT2D eigenvalue weighted by Crippen LogP contribution is 2.28. The smallest absolute Gasteiger partial charge is 0.187 e. The first-order valence-electron chi connectivity index (χ1n) is 7.55. The van der Waals surface area contributed by atoms with Gasteiger partial charge in [0, 0.05) is 24.4 Å². The second kappa shape index (κ2) is 9.11. The maximum Gasteiger partial charge on any atom is 0.187 e. The number of rotatable bonds is 8. The summed E-state index contributed by atoms with van der Waals surface area (Å²) in [6.45, 7) is 0.436. The molecular weight excluding hydrogens is 304 g/mol. The van der Waals surface area contributed by atoms with Crippen molar-refractivity contribution >= 4 is 11.9 Å². The van der Waals surface area contributed by atoms with Crippen LogP contribution in [0.5, 0.6) is 11.5 Å². The van der Waals surface area contributed by atoms with E-state index in [4.69, 9.17) is 14.7 Å². The van der Waals surface area contributed by atoms with Crippen molar-refractivity contribution in [2.75, 3.05) is 13.7 Å². The van der Waals surface area contributed by atoms with E-state index in [0.717, 1.165) is 5.56 Å². The summed E-state index contributed by atoms with van der Waals surface area (Å²) in [5, 5.41) is 8.55. The quantitative estimate of drug-likeness (QED) is 0.421. The molecule has 24 heavy (non-hydrogen) atoms. The largest absolute Gasteiger partial charge is 0.493 e.